The normalized spacial score (nSPS) is 10.7. The van der Waals surface area contributed by atoms with Crippen molar-refractivity contribution in [3.05, 3.63) is 60.7 Å². The maximum Gasteiger partial charge on any atom is 0.124 e. The van der Waals surface area contributed by atoms with Gasteiger partial charge < -0.3 is 10.4 Å². The second kappa shape index (κ2) is 5.25. The van der Waals surface area contributed by atoms with Crippen molar-refractivity contribution in [3.8, 4) is 16.9 Å². The third kappa shape index (κ3) is 2.21. The molecular formula is C18H17NO. The van der Waals surface area contributed by atoms with E-state index in [2.05, 4.69) is 18.3 Å². The first-order valence-corrected chi connectivity index (χ1v) is 6.84. The second-order valence-electron chi connectivity index (χ2n) is 4.79. The summed E-state index contributed by atoms with van der Waals surface area (Å²) in [4.78, 5) is 0. The van der Waals surface area contributed by atoms with E-state index in [0.29, 0.717) is 5.75 Å². The average molecular weight is 263 g/mol. The second-order valence-corrected chi connectivity index (χ2v) is 4.79. The smallest absolute Gasteiger partial charge is 0.124 e. The van der Waals surface area contributed by atoms with Crippen molar-refractivity contribution < 1.29 is 5.11 Å². The van der Waals surface area contributed by atoms with E-state index in [0.717, 1.165) is 34.1 Å². The molecule has 0 aliphatic heterocycles. The molecular weight excluding hydrogens is 246 g/mol. The molecule has 3 aromatic carbocycles. The van der Waals surface area contributed by atoms with Crippen LogP contribution in [0.5, 0.6) is 5.75 Å². The summed E-state index contributed by atoms with van der Waals surface area (Å²) in [5.41, 5.74) is 2.95. The van der Waals surface area contributed by atoms with E-state index in [1.165, 1.54) is 0 Å². The summed E-state index contributed by atoms with van der Waals surface area (Å²) in [7, 11) is 0. The van der Waals surface area contributed by atoms with Crippen LogP contribution in [0.4, 0.5) is 5.69 Å². The molecule has 3 rings (SSSR count). The van der Waals surface area contributed by atoms with Gasteiger partial charge in [0.15, 0.2) is 0 Å². The largest absolute Gasteiger partial charge is 0.507 e. The number of nitrogens with one attached hydrogen (secondary N) is 1. The summed E-state index contributed by atoms with van der Waals surface area (Å²) in [6.45, 7) is 2.93. The standard InChI is InChI=1S/C18H17NO/c1-2-19-17-10-6-9-14-11-16(18(20)12-15(14)17)13-7-4-3-5-8-13/h3-12,19-20H,2H2,1H3. The molecule has 0 unspecified atom stereocenters. The van der Waals surface area contributed by atoms with E-state index >= 15 is 0 Å². The van der Waals surface area contributed by atoms with E-state index < -0.39 is 0 Å². The van der Waals surface area contributed by atoms with Crippen LogP contribution in [-0.4, -0.2) is 11.7 Å². The van der Waals surface area contributed by atoms with Gasteiger partial charge in [-0.15, -0.1) is 0 Å². The van der Waals surface area contributed by atoms with Crippen LogP contribution in [0.15, 0.2) is 60.7 Å². The quantitative estimate of drug-likeness (QED) is 0.721. The third-order valence-corrected chi connectivity index (χ3v) is 3.45. The molecule has 0 amide bonds. The lowest BCUT2D eigenvalue weighted by Gasteiger charge is -2.11. The predicted octanol–water partition coefficient (Wildman–Crippen LogP) is 4.64. The SMILES string of the molecule is CCNc1cccc2cc(-c3ccccc3)c(O)cc12. The first kappa shape index (κ1) is 12.5. The minimum atomic E-state index is 0.314. The molecule has 2 nitrogen and oxygen atoms in total. The maximum atomic E-state index is 10.3. The number of fused-ring (bicyclic) bond motifs is 1. The monoisotopic (exact) mass is 263 g/mol. The number of hydrogen-bond donors (Lipinski definition) is 2. The summed E-state index contributed by atoms with van der Waals surface area (Å²) >= 11 is 0. The first-order valence-electron chi connectivity index (χ1n) is 6.84. The van der Waals surface area contributed by atoms with Gasteiger partial charge in [0.05, 0.1) is 0 Å². The van der Waals surface area contributed by atoms with Gasteiger partial charge in [-0.25, -0.2) is 0 Å². The molecule has 0 bridgehead atoms. The Kier molecular flexibility index (Phi) is 3.30. The predicted molar refractivity (Wildman–Crippen MR) is 85.2 cm³/mol. The van der Waals surface area contributed by atoms with Crippen molar-refractivity contribution in [1.82, 2.24) is 0 Å². The first-order chi connectivity index (χ1) is 9.79. The van der Waals surface area contributed by atoms with Crippen LogP contribution in [0.3, 0.4) is 0 Å². The number of phenolic OH excluding ortho intramolecular Hbond substituents is 1. The van der Waals surface area contributed by atoms with E-state index in [-0.39, 0.29) is 0 Å². The molecule has 100 valence electrons. The van der Waals surface area contributed by atoms with Gasteiger partial charge in [-0.1, -0.05) is 42.5 Å². The zero-order valence-electron chi connectivity index (χ0n) is 11.4. The lowest BCUT2D eigenvalue weighted by molar-refractivity contribution is 0.478. The van der Waals surface area contributed by atoms with Crippen LogP contribution in [0.1, 0.15) is 6.92 Å². The van der Waals surface area contributed by atoms with Crippen LogP contribution in [0, 0.1) is 0 Å². The minimum Gasteiger partial charge on any atom is -0.507 e. The third-order valence-electron chi connectivity index (χ3n) is 3.45. The highest BCUT2D eigenvalue weighted by molar-refractivity contribution is 5.98. The van der Waals surface area contributed by atoms with Gasteiger partial charge >= 0.3 is 0 Å². The Balaban J connectivity index is 2.20. The summed E-state index contributed by atoms with van der Waals surface area (Å²) in [5, 5.41) is 15.8. The number of phenols is 1. The molecule has 0 aliphatic carbocycles. The number of benzene rings is 3. The summed E-state index contributed by atoms with van der Waals surface area (Å²) in [6, 6.07) is 20.0. The molecule has 0 saturated carbocycles. The topological polar surface area (TPSA) is 32.3 Å². The van der Waals surface area contributed by atoms with E-state index in [1.807, 2.05) is 54.6 Å². The fourth-order valence-electron chi connectivity index (χ4n) is 2.51. The van der Waals surface area contributed by atoms with Crippen LogP contribution < -0.4 is 5.32 Å². The van der Waals surface area contributed by atoms with Crippen molar-refractivity contribution >= 4 is 16.5 Å². The molecule has 2 N–H and O–H groups in total. The highest BCUT2D eigenvalue weighted by Gasteiger charge is 2.08. The van der Waals surface area contributed by atoms with E-state index in [1.54, 1.807) is 0 Å². The van der Waals surface area contributed by atoms with Crippen LogP contribution in [-0.2, 0) is 0 Å². The van der Waals surface area contributed by atoms with Gasteiger partial charge in [0.2, 0.25) is 0 Å². The molecule has 0 saturated heterocycles. The Hall–Kier alpha value is -2.48. The Morgan fingerprint density at radius 2 is 1.75 bits per heavy atom. The Morgan fingerprint density at radius 3 is 2.50 bits per heavy atom. The van der Waals surface area contributed by atoms with Crippen molar-refractivity contribution in [1.29, 1.82) is 0 Å². The summed E-state index contributed by atoms with van der Waals surface area (Å²) in [6.07, 6.45) is 0. The molecule has 3 aromatic rings. The van der Waals surface area contributed by atoms with Gasteiger partial charge in [-0.05, 0) is 36.1 Å². The molecule has 0 fully saturated rings. The number of aromatic hydroxyl groups is 1. The van der Waals surface area contributed by atoms with Crippen LogP contribution in [0.25, 0.3) is 21.9 Å². The summed E-state index contributed by atoms with van der Waals surface area (Å²) in [5.74, 6) is 0.314. The number of rotatable bonds is 3. The fraction of sp³-hybridized carbons (Fsp3) is 0.111. The van der Waals surface area contributed by atoms with Crippen molar-refractivity contribution in [2.45, 2.75) is 6.92 Å². The van der Waals surface area contributed by atoms with Crippen molar-refractivity contribution in [2.75, 3.05) is 11.9 Å². The molecule has 0 atom stereocenters. The lowest BCUT2D eigenvalue weighted by atomic mass is 9.99. The zero-order valence-corrected chi connectivity index (χ0v) is 11.4. The van der Waals surface area contributed by atoms with E-state index in [4.69, 9.17) is 0 Å². The highest BCUT2D eigenvalue weighted by atomic mass is 16.3. The van der Waals surface area contributed by atoms with Gasteiger partial charge in [0.25, 0.3) is 0 Å². The van der Waals surface area contributed by atoms with Gasteiger partial charge in [0.1, 0.15) is 5.75 Å². The Morgan fingerprint density at radius 1 is 0.950 bits per heavy atom. The molecule has 0 aromatic heterocycles. The minimum absolute atomic E-state index is 0.314. The number of hydrogen-bond acceptors (Lipinski definition) is 2. The molecule has 0 aliphatic rings. The van der Waals surface area contributed by atoms with Gasteiger partial charge in [0, 0.05) is 23.2 Å². The van der Waals surface area contributed by atoms with Crippen molar-refractivity contribution in [2.24, 2.45) is 0 Å². The highest BCUT2D eigenvalue weighted by Crippen LogP contribution is 2.35. The maximum absolute atomic E-state index is 10.3. The van der Waals surface area contributed by atoms with E-state index in [9.17, 15) is 5.11 Å². The number of anilines is 1. The Bertz CT molecular complexity index is 735. The summed E-state index contributed by atoms with van der Waals surface area (Å²) < 4.78 is 0. The zero-order chi connectivity index (χ0) is 13.9. The lowest BCUT2D eigenvalue weighted by Crippen LogP contribution is -1.96. The van der Waals surface area contributed by atoms with Crippen LogP contribution in [0.2, 0.25) is 0 Å². The van der Waals surface area contributed by atoms with Crippen LogP contribution >= 0.6 is 0 Å². The van der Waals surface area contributed by atoms with Crippen molar-refractivity contribution in [3.63, 3.8) is 0 Å². The molecule has 0 heterocycles. The molecule has 20 heavy (non-hydrogen) atoms. The van der Waals surface area contributed by atoms with Gasteiger partial charge in [-0.2, -0.15) is 0 Å². The Labute approximate surface area is 118 Å². The molecule has 0 spiro atoms. The molecule has 0 radical (unpaired) electrons. The molecule has 2 heteroatoms. The fourth-order valence-corrected chi connectivity index (χ4v) is 2.51. The van der Waals surface area contributed by atoms with Gasteiger partial charge in [-0.3, -0.25) is 0 Å². The average Bonchev–Trinajstić information content (AvgIpc) is 2.48.